The zero-order valence-corrected chi connectivity index (χ0v) is 17.5. The van der Waals surface area contributed by atoms with Gasteiger partial charge in [0.1, 0.15) is 22.6 Å². The molecule has 0 radical (unpaired) electrons. The molecular formula is C28H17N3O2. The molecule has 0 amide bonds. The predicted molar refractivity (Wildman–Crippen MR) is 131 cm³/mol. The van der Waals surface area contributed by atoms with E-state index in [0.29, 0.717) is 5.71 Å². The summed E-state index contributed by atoms with van der Waals surface area (Å²) in [6.07, 6.45) is 3.57. The minimum Gasteiger partial charge on any atom is -0.456 e. The highest BCUT2D eigenvalue weighted by atomic mass is 16.3. The summed E-state index contributed by atoms with van der Waals surface area (Å²) in [4.78, 5) is 11.6. The number of fused-ring (bicyclic) bond motifs is 6. The number of pyridine rings is 2. The highest BCUT2D eigenvalue weighted by Crippen LogP contribution is 2.45. The van der Waals surface area contributed by atoms with Gasteiger partial charge in [-0.15, -0.1) is 0 Å². The molecule has 33 heavy (non-hydrogen) atoms. The summed E-state index contributed by atoms with van der Waals surface area (Å²) < 4.78 is 12.2. The van der Waals surface area contributed by atoms with Gasteiger partial charge < -0.3 is 8.83 Å². The third kappa shape index (κ3) is 2.66. The molecule has 0 bridgehead atoms. The van der Waals surface area contributed by atoms with E-state index in [1.807, 2.05) is 66.7 Å². The molecule has 0 aliphatic rings. The van der Waals surface area contributed by atoms with Gasteiger partial charge in [0.15, 0.2) is 0 Å². The number of furan rings is 2. The van der Waals surface area contributed by atoms with Gasteiger partial charge in [0, 0.05) is 28.9 Å². The van der Waals surface area contributed by atoms with Crippen molar-refractivity contribution in [1.82, 2.24) is 9.97 Å². The van der Waals surface area contributed by atoms with Crippen LogP contribution in [0.4, 0.5) is 17.2 Å². The van der Waals surface area contributed by atoms with Crippen LogP contribution < -0.4 is 4.90 Å². The third-order valence-electron chi connectivity index (χ3n) is 5.99. The first-order chi connectivity index (χ1) is 16.4. The fourth-order valence-electron chi connectivity index (χ4n) is 4.59. The number of nitrogens with zero attached hydrogens (tertiary/aromatic N) is 3. The molecule has 0 spiro atoms. The van der Waals surface area contributed by atoms with Crippen molar-refractivity contribution in [2.45, 2.75) is 0 Å². The van der Waals surface area contributed by atoms with Gasteiger partial charge in [-0.1, -0.05) is 54.6 Å². The molecule has 7 aromatic rings. The minimum absolute atomic E-state index is 0.596. The van der Waals surface area contributed by atoms with E-state index in [9.17, 15) is 0 Å². The van der Waals surface area contributed by atoms with Gasteiger partial charge in [-0.2, -0.15) is 0 Å². The van der Waals surface area contributed by atoms with E-state index in [1.54, 1.807) is 12.4 Å². The lowest BCUT2D eigenvalue weighted by Crippen LogP contribution is -2.12. The minimum atomic E-state index is 0.596. The Balaban J connectivity index is 1.62. The van der Waals surface area contributed by atoms with Crippen molar-refractivity contribution < 1.29 is 8.83 Å². The molecule has 0 aliphatic heterocycles. The van der Waals surface area contributed by atoms with Crippen LogP contribution >= 0.6 is 0 Å². The van der Waals surface area contributed by atoms with Crippen LogP contribution in [0.15, 0.2) is 112 Å². The Labute approximate surface area is 188 Å². The standard InChI is InChI=1S/C28H17N3O2/c1-2-8-18(9-3-1)31(21-14-16-30-28-25(21)19-10-4-7-13-23(19)33-28)27-26-20-11-5-6-12-22(20)32-24(26)15-17-29-27/h1-17H. The van der Waals surface area contributed by atoms with Gasteiger partial charge in [0.2, 0.25) is 5.71 Å². The number of anilines is 3. The van der Waals surface area contributed by atoms with Crippen molar-refractivity contribution in [3.63, 3.8) is 0 Å². The Kier molecular flexibility index (Phi) is 3.78. The van der Waals surface area contributed by atoms with E-state index in [4.69, 9.17) is 13.8 Å². The molecule has 0 fully saturated rings. The van der Waals surface area contributed by atoms with Crippen LogP contribution in [0.25, 0.3) is 44.0 Å². The second-order valence-corrected chi connectivity index (χ2v) is 7.89. The topological polar surface area (TPSA) is 55.3 Å². The maximum atomic E-state index is 6.16. The van der Waals surface area contributed by atoms with Crippen LogP contribution in [0, 0.1) is 0 Å². The van der Waals surface area contributed by atoms with Crippen molar-refractivity contribution in [2.24, 2.45) is 0 Å². The normalized spacial score (nSPS) is 11.6. The summed E-state index contributed by atoms with van der Waals surface area (Å²) in [5, 5.41) is 3.96. The quantitative estimate of drug-likeness (QED) is 0.289. The second kappa shape index (κ2) is 6.93. The summed E-state index contributed by atoms with van der Waals surface area (Å²) in [6, 6.07) is 30.3. The van der Waals surface area contributed by atoms with Gasteiger partial charge in [-0.3, -0.25) is 4.90 Å². The molecule has 7 rings (SSSR count). The molecule has 5 heteroatoms. The van der Waals surface area contributed by atoms with Crippen molar-refractivity contribution in [2.75, 3.05) is 4.90 Å². The zero-order chi connectivity index (χ0) is 21.8. The molecule has 0 saturated heterocycles. The Morgan fingerprint density at radius 3 is 2.03 bits per heavy atom. The van der Waals surface area contributed by atoms with Gasteiger partial charge in [-0.25, -0.2) is 9.97 Å². The van der Waals surface area contributed by atoms with E-state index >= 15 is 0 Å². The van der Waals surface area contributed by atoms with E-state index in [0.717, 1.165) is 55.5 Å². The predicted octanol–water partition coefficient (Wildman–Crippen LogP) is 7.75. The lowest BCUT2D eigenvalue weighted by molar-refractivity contribution is 0.654. The van der Waals surface area contributed by atoms with E-state index < -0.39 is 0 Å². The van der Waals surface area contributed by atoms with Gasteiger partial charge in [-0.05, 0) is 36.4 Å². The Bertz CT molecular complexity index is 1670. The average Bonchev–Trinajstić information content (AvgIpc) is 3.44. The van der Waals surface area contributed by atoms with Gasteiger partial charge in [0.05, 0.1) is 16.5 Å². The Morgan fingerprint density at radius 1 is 0.545 bits per heavy atom. The summed E-state index contributed by atoms with van der Waals surface area (Å²) in [5.74, 6) is 0.793. The molecule has 0 unspecified atom stereocenters. The van der Waals surface area contributed by atoms with Gasteiger partial charge >= 0.3 is 0 Å². The first-order valence-corrected chi connectivity index (χ1v) is 10.8. The number of para-hydroxylation sites is 3. The lowest BCUT2D eigenvalue weighted by atomic mass is 10.1. The van der Waals surface area contributed by atoms with E-state index in [2.05, 4.69) is 34.1 Å². The van der Waals surface area contributed by atoms with Crippen LogP contribution in [0.5, 0.6) is 0 Å². The van der Waals surface area contributed by atoms with E-state index in [1.165, 1.54) is 0 Å². The summed E-state index contributed by atoms with van der Waals surface area (Å²) in [6.45, 7) is 0. The number of hydrogen-bond acceptors (Lipinski definition) is 5. The number of rotatable bonds is 3. The first-order valence-electron chi connectivity index (χ1n) is 10.8. The second-order valence-electron chi connectivity index (χ2n) is 7.89. The summed E-state index contributed by atoms with van der Waals surface area (Å²) in [7, 11) is 0. The number of hydrogen-bond donors (Lipinski definition) is 0. The molecule has 5 nitrogen and oxygen atoms in total. The summed E-state index contributed by atoms with van der Waals surface area (Å²) in [5.41, 5.74) is 4.97. The Hall–Kier alpha value is -4.64. The molecule has 0 aliphatic carbocycles. The molecule has 4 heterocycles. The SMILES string of the molecule is c1ccc(N(c2nccc3oc4ccccc4c23)c2ccnc3oc4ccccc4c23)cc1. The lowest BCUT2D eigenvalue weighted by Gasteiger charge is -2.25. The fourth-order valence-corrected chi connectivity index (χ4v) is 4.59. The number of aromatic nitrogens is 2. The molecule has 0 N–H and O–H groups in total. The smallest absolute Gasteiger partial charge is 0.229 e. The van der Waals surface area contributed by atoms with Gasteiger partial charge in [0.25, 0.3) is 0 Å². The molecule has 156 valence electrons. The molecule has 4 aromatic heterocycles. The Morgan fingerprint density at radius 2 is 1.21 bits per heavy atom. The van der Waals surface area contributed by atoms with Crippen molar-refractivity contribution in [3.8, 4) is 0 Å². The zero-order valence-electron chi connectivity index (χ0n) is 17.5. The highest BCUT2D eigenvalue weighted by molar-refractivity contribution is 6.16. The monoisotopic (exact) mass is 427 g/mol. The van der Waals surface area contributed by atoms with Crippen LogP contribution in [0.3, 0.4) is 0 Å². The highest BCUT2D eigenvalue weighted by Gasteiger charge is 2.24. The van der Waals surface area contributed by atoms with Crippen LogP contribution in [0.2, 0.25) is 0 Å². The fraction of sp³-hybridized carbons (Fsp3) is 0. The molecular weight excluding hydrogens is 410 g/mol. The van der Waals surface area contributed by atoms with Crippen molar-refractivity contribution in [1.29, 1.82) is 0 Å². The molecule has 0 saturated carbocycles. The van der Waals surface area contributed by atoms with Crippen molar-refractivity contribution >= 4 is 61.2 Å². The maximum Gasteiger partial charge on any atom is 0.229 e. The average molecular weight is 427 g/mol. The van der Waals surface area contributed by atoms with Crippen LogP contribution in [-0.4, -0.2) is 9.97 Å². The first kappa shape index (κ1) is 18.0. The maximum absolute atomic E-state index is 6.16. The third-order valence-corrected chi connectivity index (χ3v) is 5.99. The summed E-state index contributed by atoms with van der Waals surface area (Å²) >= 11 is 0. The largest absolute Gasteiger partial charge is 0.456 e. The van der Waals surface area contributed by atoms with Crippen LogP contribution in [0.1, 0.15) is 0 Å². The number of benzene rings is 3. The van der Waals surface area contributed by atoms with E-state index in [-0.39, 0.29) is 0 Å². The molecule has 3 aromatic carbocycles. The molecule has 0 atom stereocenters. The van der Waals surface area contributed by atoms with Crippen molar-refractivity contribution in [3.05, 3.63) is 103 Å². The van der Waals surface area contributed by atoms with Crippen LogP contribution in [-0.2, 0) is 0 Å².